The molecule has 0 saturated carbocycles. The number of nitrogens with zero attached hydrogens (tertiary/aromatic N) is 2. The van der Waals surface area contributed by atoms with Crippen LogP contribution in [-0.2, 0) is 16.0 Å². The maximum absolute atomic E-state index is 13.1. The van der Waals surface area contributed by atoms with Crippen molar-refractivity contribution < 1.29 is 9.59 Å². The zero-order chi connectivity index (χ0) is 23.5. The molecule has 1 saturated heterocycles. The van der Waals surface area contributed by atoms with E-state index in [1.54, 1.807) is 4.90 Å². The molecule has 7 nitrogen and oxygen atoms in total. The summed E-state index contributed by atoms with van der Waals surface area (Å²) in [5.74, 6) is 0.604. The quantitative estimate of drug-likeness (QED) is 0.403. The predicted molar refractivity (Wildman–Crippen MR) is 135 cm³/mol. The molecule has 172 valence electrons. The number of nitrogens with one attached hydrogen (secondary N) is 3. The van der Waals surface area contributed by atoms with Crippen molar-refractivity contribution >= 4 is 34.2 Å². The summed E-state index contributed by atoms with van der Waals surface area (Å²) in [6, 6.07) is 22.8. The van der Waals surface area contributed by atoms with E-state index in [-0.39, 0.29) is 11.8 Å². The Morgan fingerprint density at radius 3 is 2.56 bits per heavy atom. The van der Waals surface area contributed by atoms with Crippen LogP contribution in [0.3, 0.4) is 0 Å². The van der Waals surface area contributed by atoms with E-state index in [1.165, 1.54) is 0 Å². The number of amides is 2. The van der Waals surface area contributed by atoms with Crippen molar-refractivity contribution in [2.45, 2.75) is 25.3 Å². The number of aromatic nitrogens is 2. The second kappa shape index (κ2) is 9.39. The highest BCUT2D eigenvalue weighted by Crippen LogP contribution is 2.25. The van der Waals surface area contributed by atoms with Crippen LogP contribution in [0.1, 0.15) is 18.4 Å². The number of carbonyl (C=O) groups excluding carboxylic acids is 2. The van der Waals surface area contributed by atoms with Crippen molar-refractivity contribution in [1.29, 1.82) is 0 Å². The Hall–Kier alpha value is -4.13. The zero-order valence-electron chi connectivity index (χ0n) is 19.0. The van der Waals surface area contributed by atoms with Gasteiger partial charge in [0.15, 0.2) is 0 Å². The average Bonchev–Trinajstić information content (AvgIpc) is 3.52. The first-order chi connectivity index (χ1) is 16.6. The third kappa shape index (κ3) is 4.50. The number of aromatic amines is 1. The molecular weight excluding hydrogens is 426 g/mol. The fraction of sp³-hybridized carbons (Fsp3) is 0.222. The number of rotatable bonds is 6. The molecule has 1 atom stereocenters. The Morgan fingerprint density at radius 1 is 1.03 bits per heavy atom. The van der Waals surface area contributed by atoms with Crippen molar-refractivity contribution in [1.82, 2.24) is 14.9 Å². The van der Waals surface area contributed by atoms with Crippen LogP contribution in [-0.4, -0.2) is 46.3 Å². The molecule has 0 aliphatic carbocycles. The minimum atomic E-state index is -0.452. The summed E-state index contributed by atoms with van der Waals surface area (Å²) in [6.45, 7) is 0.609. The smallest absolute Gasteiger partial charge is 0.247 e. The number of H-pyrrole nitrogens is 1. The molecule has 34 heavy (non-hydrogen) atoms. The second-order valence-electron chi connectivity index (χ2n) is 8.54. The minimum Gasteiger partial charge on any atom is -0.388 e. The highest BCUT2D eigenvalue weighted by Gasteiger charge is 2.34. The van der Waals surface area contributed by atoms with E-state index in [9.17, 15) is 9.59 Å². The fourth-order valence-corrected chi connectivity index (χ4v) is 4.45. The molecule has 2 amide bonds. The molecule has 0 radical (unpaired) electrons. The van der Waals surface area contributed by atoms with E-state index < -0.39 is 6.04 Å². The summed E-state index contributed by atoms with van der Waals surface area (Å²) < 4.78 is 0. The van der Waals surface area contributed by atoms with Crippen molar-refractivity contribution in [2.75, 3.05) is 24.2 Å². The van der Waals surface area contributed by atoms with Crippen molar-refractivity contribution in [2.24, 2.45) is 0 Å². The number of likely N-dealkylation sites (tertiary alicyclic amines) is 1. The first kappa shape index (κ1) is 21.7. The number of fused-ring (bicyclic) bond motifs is 1. The highest BCUT2D eigenvalue weighted by molar-refractivity contribution is 5.99. The van der Waals surface area contributed by atoms with Crippen LogP contribution >= 0.6 is 0 Å². The van der Waals surface area contributed by atoms with E-state index in [0.717, 1.165) is 40.1 Å². The van der Waals surface area contributed by atoms with E-state index in [0.29, 0.717) is 25.1 Å². The Balaban J connectivity index is 1.29. The van der Waals surface area contributed by atoms with Crippen LogP contribution in [0.15, 0.2) is 72.8 Å². The van der Waals surface area contributed by atoms with Gasteiger partial charge in [-0.2, -0.15) is 0 Å². The summed E-state index contributed by atoms with van der Waals surface area (Å²) in [7, 11) is 1.88. The summed E-state index contributed by atoms with van der Waals surface area (Å²) in [6.07, 6.45) is 1.80. The maximum atomic E-state index is 13.1. The van der Waals surface area contributed by atoms with Gasteiger partial charge in [-0.15, -0.1) is 0 Å². The van der Waals surface area contributed by atoms with E-state index in [1.807, 2.05) is 79.8 Å². The normalized spacial score (nSPS) is 15.4. The monoisotopic (exact) mass is 453 g/mol. The van der Waals surface area contributed by atoms with Gasteiger partial charge in [0.05, 0.1) is 17.5 Å². The number of hydrogen-bond donors (Lipinski definition) is 3. The maximum Gasteiger partial charge on any atom is 0.247 e. The van der Waals surface area contributed by atoms with Crippen LogP contribution < -0.4 is 10.6 Å². The zero-order valence-corrected chi connectivity index (χ0v) is 19.0. The molecule has 2 heterocycles. The van der Waals surface area contributed by atoms with Crippen molar-refractivity contribution in [3.05, 3.63) is 78.4 Å². The number of benzene rings is 3. The Kier molecular flexibility index (Phi) is 5.99. The SMILES string of the molecule is CNc1ccc(-c2nc3cc(NC(=O)[C@@H]4CCCN4C(=O)Cc4ccccc4)ccc3[nH]2)cc1. The van der Waals surface area contributed by atoms with Crippen LogP contribution in [0.25, 0.3) is 22.4 Å². The van der Waals surface area contributed by atoms with Gasteiger partial charge in [-0.25, -0.2) is 4.98 Å². The van der Waals surface area contributed by atoms with Gasteiger partial charge < -0.3 is 20.5 Å². The first-order valence-electron chi connectivity index (χ1n) is 11.5. The van der Waals surface area contributed by atoms with Crippen molar-refractivity contribution in [3.8, 4) is 11.4 Å². The molecule has 7 heteroatoms. The molecule has 1 aromatic heterocycles. The number of imidazole rings is 1. The molecule has 3 N–H and O–H groups in total. The lowest BCUT2D eigenvalue weighted by Crippen LogP contribution is -2.43. The van der Waals surface area contributed by atoms with Gasteiger partial charge in [0, 0.05) is 30.5 Å². The topological polar surface area (TPSA) is 90.1 Å². The largest absolute Gasteiger partial charge is 0.388 e. The molecule has 0 unspecified atom stereocenters. The third-order valence-corrected chi connectivity index (χ3v) is 6.27. The van der Waals surface area contributed by atoms with Gasteiger partial charge in [0.2, 0.25) is 11.8 Å². The van der Waals surface area contributed by atoms with E-state index in [2.05, 4.69) is 15.6 Å². The molecular formula is C27H27N5O2. The van der Waals surface area contributed by atoms with E-state index in [4.69, 9.17) is 4.98 Å². The molecule has 4 aromatic rings. The molecule has 5 rings (SSSR count). The lowest BCUT2D eigenvalue weighted by Gasteiger charge is -2.24. The van der Waals surface area contributed by atoms with E-state index >= 15 is 0 Å². The van der Waals surface area contributed by atoms with Crippen LogP contribution in [0.4, 0.5) is 11.4 Å². The Morgan fingerprint density at radius 2 is 1.79 bits per heavy atom. The van der Waals surface area contributed by atoms with Crippen LogP contribution in [0.5, 0.6) is 0 Å². The molecule has 1 aliphatic rings. The first-order valence-corrected chi connectivity index (χ1v) is 11.5. The van der Waals surface area contributed by atoms with Gasteiger partial charge in [0.25, 0.3) is 0 Å². The van der Waals surface area contributed by atoms with Gasteiger partial charge in [-0.3, -0.25) is 9.59 Å². The Bertz CT molecular complexity index is 1310. The van der Waals surface area contributed by atoms with Gasteiger partial charge in [-0.05, 0) is 60.9 Å². The van der Waals surface area contributed by atoms with Crippen LogP contribution in [0, 0.1) is 0 Å². The lowest BCUT2D eigenvalue weighted by molar-refractivity contribution is -0.136. The molecule has 1 aliphatic heterocycles. The third-order valence-electron chi connectivity index (χ3n) is 6.27. The molecule has 0 spiro atoms. The predicted octanol–water partition coefficient (Wildman–Crippen LogP) is 4.44. The molecule has 0 bridgehead atoms. The lowest BCUT2D eigenvalue weighted by atomic mass is 10.1. The van der Waals surface area contributed by atoms with Crippen molar-refractivity contribution in [3.63, 3.8) is 0 Å². The summed E-state index contributed by atoms with van der Waals surface area (Å²) in [5, 5.41) is 6.10. The number of hydrogen-bond acceptors (Lipinski definition) is 4. The average molecular weight is 454 g/mol. The minimum absolute atomic E-state index is 0.0134. The number of anilines is 2. The van der Waals surface area contributed by atoms with Gasteiger partial charge in [-0.1, -0.05) is 30.3 Å². The van der Waals surface area contributed by atoms with Crippen LogP contribution in [0.2, 0.25) is 0 Å². The fourth-order valence-electron chi connectivity index (χ4n) is 4.45. The second-order valence-corrected chi connectivity index (χ2v) is 8.54. The molecule has 1 fully saturated rings. The summed E-state index contributed by atoms with van der Waals surface area (Å²) in [5.41, 5.74) is 5.31. The van der Waals surface area contributed by atoms with Gasteiger partial charge >= 0.3 is 0 Å². The molecule has 3 aromatic carbocycles. The summed E-state index contributed by atoms with van der Waals surface area (Å²) >= 11 is 0. The number of carbonyl (C=O) groups is 2. The summed E-state index contributed by atoms with van der Waals surface area (Å²) in [4.78, 5) is 35.7. The standard InChI is InChI=1S/C27H27N5O2/c1-28-20-11-9-19(10-12-20)26-30-22-14-13-21(17-23(22)31-26)29-27(34)24-8-5-15-32(24)25(33)16-18-6-3-2-4-7-18/h2-4,6-7,9-14,17,24,28H,5,8,15-16H2,1H3,(H,29,34)(H,30,31)/t24-/m0/s1. The Labute approximate surface area is 198 Å². The highest BCUT2D eigenvalue weighted by atomic mass is 16.2. The van der Waals surface area contributed by atoms with Gasteiger partial charge in [0.1, 0.15) is 11.9 Å².